The maximum Gasteiger partial charge on any atom is 0.313 e. The van der Waals surface area contributed by atoms with Crippen LogP contribution in [0.1, 0.15) is 153 Å². The Morgan fingerprint density at radius 3 is 1.35 bits per heavy atom. The number of ether oxygens (including phenoxy) is 5. The zero-order valence-electron chi connectivity index (χ0n) is 33.6. The molecule has 0 aromatic heterocycles. The van der Waals surface area contributed by atoms with Gasteiger partial charge in [-0.05, 0) is 68.9 Å². The van der Waals surface area contributed by atoms with E-state index in [0.717, 1.165) is 50.5 Å². The summed E-state index contributed by atoms with van der Waals surface area (Å²) in [5, 5.41) is 0. The molecule has 0 spiro atoms. The fourth-order valence-electron chi connectivity index (χ4n) is 6.24. The molecule has 298 valence electrons. The molecular weight excluding hydrogens is 652 g/mol. The molecule has 1 atom stereocenters. The van der Waals surface area contributed by atoms with Gasteiger partial charge in [0.25, 0.3) is 0 Å². The smallest absolute Gasteiger partial charge is 0.313 e. The van der Waals surface area contributed by atoms with Gasteiger partial charge in [-0.25, -0.2) is 0 Å². The minimum atomic E-state index is -0.314. The van der Waals surface area contributed by atoms with Crippen molar-refractivity contribution in [2.45, 2.75) is 149 Å². The molecule has 0 heterocycles. The molecule has 0 N–H and O–H groups in total. The third-order valence-electron chi connectivity index (χ3n) is 9.42. The number of hydrogen-bond acceptors (Lipinski definition) is 7. The molecule has 7 nitrogen and oxygen atoms in total. The van der Waals surface area contributed by atoms with E-state index >= 15 is 0 Å². The van der Waals surface area contributed by atoms with Crippen LogP contribution in [0.5, 0.6) is 0 Å². The largest absolute Gasteiger partial charge is 0.463 e. The maximum atomic E-state index is 13.0. The van der Waals surface area contributed by atoms with Crippen LogP contribution in [0.4, 0.5) is 0 Å². The highest BCUT2D eigenvalue weighted by atomic mass is 16.6. The molecule has 1 aromatic rings. The first-order chi connectivity index (χ1) is 25.4. The van der Waals surface area contributed by atoms with Gasteiger partial charge in [0.2, 0.25) is 0 Å². The van der Waals surface area contributed by atoms with E-state index < -0.39 is 0 Å². The molecule has 0 bridgehead atoms. The summed E-state index contributed by atoms with van der Waals surface area (Å²) in [6, 6.07) is 8.21. The molecule has 0 aliphatic rings. The third-order valence-corrected chi connectivity index (χ3v) is 9.42. The van der Waals surface area contributed by atoms with Crippen molar-refractivity contribution in [3.8, 4) is 0 Å². The van der Waals surface area contributed by atoms with Crippen LogP contribution in [0.25, 0.3) is 0 Å². The second kappa shape index (κ2) is 34.3. The second-order valence-electron chi connectivity index (χ2n) is 14.6. The summed E-state index contributed by atoms with van der Waals surface area (Å²) in [4.78, 5) is 25.4. The molecule has 0 saturated carbocycles. The monoisotopic (exact) mass is 729 g/mol. The second-order valence-corrected chi connectivity index (χ2v) is 14.6. The lowest BCUT2D eigenvalue weighted by atomic mass is 9.94. The molecular formula is C45H76O7. The summed E-state index contributed by atoms with van der Waals surface area (Å²) in [6.45, 7) is 16.7. The minimum Gasteiger partial charge on any atom is -0.463 e. The Balaban J connectivity index is 2.13. The van der Waals surface area contributed by atoms with Crippen molar-refractivity contribution in [1.29, 1.82) is 0 Å². The Hall–Kier alpha value is -2.48. The SMILES string of the molecule is C=CCCCCCCCCCC(CCCCCCCCCC=C)C(=O)OCCOCCOCCOCCOC(=O)[C@@H](C)c1ccc(CC(C)C)cc1. The molecule has 0 aliphatic heterocycles. The number of allylic oxidation sites excluding steroid dienone is 2. The van der Waals surface area contributed by atoms with Gasteiger partial charge in [0.1, 0.15) is 13.2 Å². The van der Waals surface area contributed by atoms with E-state index in [0.29, 0.717) is 45.6 Å². The molecule has 0 saturated heterocycles. The normalized spacial score (nSPS) is 11.9. The van der Waals surface area contributed by atoms with Gasteiger partial charge in [-0.15, -0.1) is 13.2 Å². The summed E-state index contributed by atoms with van der Waals surface area (Å²) in [5.41, 5.74) is 2.24. The van der Waals surface area contributed by atoms with Crippen LogP contribution >= 0.6 is 0 Å². The molecule has 0 unspecified atom stereocenters. The summed E-state index contributed by atoms with van der Waals surface area (Å²) in [5.74, 6) is -0.0403. The first kappa shape index (κ1) is 47.5. The van der Waals surface area contributed by atoms with Crippen LogP contribution in [-0.4, -0.2) is 64.8 Å². The molecule has 1 aromatic carbocycles. The molecule has 1 rings (SSSR count). The summed E-state index contributed by atoms with van der Waals surface area (Å²) in [6.07, 6.45) is 26.3. The van der Waals surface area contributed by atoms with Crippen LogP contribution in [-0.2, 0) is 39.7 Å². The van der Waals surface area contributed by atoms with E-state index in [4.69, 9.17) is 23.7 Å². The van der Waals surface area contributed by atoms with Gasteiger partial charge >= 0.3 is 11.9 Å². The van der Waals surface area contributed by atoms with Gasteiger partial charge in [0, 0.05) is 0 Å². The molecule has 0 fully saturated rings. The van der Waals surface area contributed by atoms with E-state index in [9.17, 15) is 9.59 Å². The van der Waals surface area contributed by atoms with Crippen LogP contribution in [0.3, 0.4) is 0 Å². The molecule has 0 radical (unpaired) electrons. The minimum absolute atomic E-state index is 0.0118. The van der Waals surface area contributed by atoms with E-state index in [2.05, 4.69) is 39.1 Å². The number of esters is 2. The van der Waals surface area contributed by atoms with Gasteiger partial charge in [0.05, 0.1) is 51.5 Å². The van der Waals surface area contributed by atoms with E-state index in [1.54, 1.807) is 0 Å². The lowest BCUT2D eigenvalue weighted by Crippen LogP contribution is -2.21. The zero-order valence-corrected chi connectivity index (χ0v) is 33.6. The number of hydrogen-bond donors (Lipinski definition) is 0. The molecule has 0 aliphatic carbocycles. The van der Waals surface area contributed by atoms with Crippen LogP contribution in [0.2, 0.25) is 0 Å². The average molecular weight is 729 g/mol. The average Bonchev–Trinajstić information content (AvgIpc) is 3.14. The molecule has 7 heteroatoms. The third kappa shape index (κ3) is 27.2. The lowest BCUT2D eigenvalue weighted by molar-refractivity contribution is -0.151. The quantitative estimate of drug-likeness (QED) is 0.0383. The van der Waals surface area contributed by atoms with Gasteiger partial charge in [-0.3, -0.25) is 9.59 Å². The van der Waals surface area contributed by atoms with Gasteiger partial charge in [-0.1, -0.05) is 127 Å². The fraction of sp³-hybridized carbons (Fsp3) is 0.733. The highest BCUT2D eigenvalue weighted by Crippen LogP contribution is 2.22. The van der Waals surface area contributed by atoms with Crippen molar-refractivity contribution in [3.63, 3.8) is 0 Å². The number of benzene rings is 1. The number of unbranched alkanes of at least 4 members (excludes halogenated alkanes) is 14. The van der Waals surface area contributed by atoms with Crippen molar-refractivity contribution in [2.24, 2.45) is 11.8 Å². The zero-order chi connectivity index (χ0) is 37.9. The van der Waals surface area contributed by atoms with Gasteiger partial charge < -0.3 is 23.7 Å². The summed E-state index contributed by atoms with van der Waals surface area (Å²) < 4.78 is 27.8. The first-order valence-corrected chi connectivity index (χ1v) is 20.8. The van der Waals surface area contributed by atoms with Gasteiger partial charge in [0.15, 0.2) is 0 Å². The van der Waals surface area contributed by atoms with Crippen molar-refractivity contribution in [3.05, 3.63) is 60.7 Å². The summed E-state index contributed by atoms with van der Waals surface area (Å²) in [7, 11) is 0. The highest BCUT2D eigenvalue weighted by molar-refractivity contribution is 5.77. The van der Waals surface area contributed by atoms with Crippen molar-refractivity contribution >= 4 is 11.9 Å². The van der Waals surface area contributed by atoms with Crippen LogP contribution in [0, 0.1) is 11.8 Å². The Labute approximate surface area is 318 Å². The van der Waals surface area contributed by atoms with Crippen molar-refractivity contribution in [1.82, 2.24) is 0 Å². The Bertz CT molecular complexity index is 979. The standard InChI is InChI=1S/C45H76O7/c1-6-8-10-12-14-16-18-20-22-24-43(25-23-21-19-17-15-13-11-9-7-2)45(47)52-37-35-50-33-31-48-30-32-49-34-36-51-44(46)40(5)42-28-26-41(27-29-42)38-39(3)4/h6-7,26-29,39-40,43H,1-2,8-25,30-38H2,3-5H3/t40-/m0/s1. The number of carbonyl (C=O) groups is 2. The van der Waals surface area contributed by atoms with Crippen LogP contribution in [0.15, 0.2) is 49.6 Å². The van der Waals surface area contributed by atoms with Gasteiger partial charge in [-0.2, -0.15) is 0 Å². The number of carbonyl (C=O) groups excluding carboxylic acids is 2. The van der Waals surface area contributed by atoms with Crippen molar-refractivity contribution < 1.29 is 33.3 Å². The predicted octanol–water partition coefficient (Wildman–Crippen LogP) is 11.1. The predicted molar refractivity (Wildman–Crippen MR) is 215 cm³/mol. The Morgan fingerprint density at radius 2 is 0.923 bits per heavy atom. The van der Waals surface area contributed by atoms with E-state index in [1.807, 2.05) is 31.2 Å². The summed E-state index contributed by atoms with van der Waals surface area (Å²) >= 11 is 0. The Morgan fingerprint density at radius 1 is 0.538 bits per heavy atom. The highest BCUT2D eigenvalue weighted by Gasteiger charge is 2.19. The van der Waals surface area contributed by atoms with E-state index in [1.165, 1.54) is 82.6 Å². The molecule has 0 amide bonds. The maximum absolute atomic E-state index is 13.0. The fourth-order valence-corrected chi connectivity index (χ4v) is 6.24. The van der Waals surface area contributed by atoms with Crippen molar-refractivity contribution in [2.75, 3.05) is 52.9 Å². The Kier molecular flexibility index (Phi) is 31.4. The van der Waals surface area contributed by atoms with E-state index in [-0.39, 0.29) is 37.0 Å². The first-order valence-electron chi connectivity index (χ1n) is 20.8. The topological polar surface area (TPSA) is 80.3 Å². The molecule has 52 heavy (non-hydrogen) atoms. The van der Waals surface area contributed by atoms with Crippen LogP contribution < -0.4 is 0 Å². The lowest BCUT2D eigenvalue weighted by Gasteiger charge is -2.16. The number of rotatable bonds is 37.